The molecule has 1 amide bonds. The number of amides is 1. The Hall–Kier alpha value is -2.44. The summed E-state index contributed by atoms with van der Waals surface area (Å²) in [6.45, 7) is 3.95. The van der Waals surface area contributed by atoms with Crippen LogP contribution in [0.15, 0.2) is 47.2 Å². The minimum atomic E-state index is -0.400. The molecule has 3 rings (SSSR count). The molecule has 1 atom stereocenters. The molecular formula is C19H18Cl2N4O2. The molecule has 0 aliphatic carbocycles. The molecule has 2 aromatic heterocycles. The van der Waals surface area contributed by atoms with Crippen molar-refractivity contribution in [2.45, 2.75) is 26.3 Å². The molecule has 0 aliphatic rings. The summed E-state index contributed by atoms with van der Waals surface area (Å²) in [5, 5.41) is 7.83. The second-order valence-electron chi connectivity index (χ2n) is 6.41. The third-order valence-corrected chi connectivity index (χ3v) is 4.72. The van der Waals surface area contributed by atoms with E-state index in [-0.39, 0.29) is 18.2 Å². The van der Waals surface area contributed by atoms with E-state index in [1.165, 1.54) is 0 Å². The van der Waals surface area contributed by atoms with Gasteiger partial charge in [-0.1, -0.05) is 48.3 Å². The Morgan fingerprint density at radius 2 is 1.89 bits per heavy atom. The van der Waals surface area contributed by atoms with Crippen LogP contribution in [0.1, 0.15) is 31.3 Å². The van der Waals surface area contributed by atoms with Gasteiger partial charge in [-0.3, -0.25) is 9.78 Å². The van der Waals surface area contributed by atoms with E-state index in [1.807, 2.05) is 13.8 Å². The molecule has 0 radical (unpaired) electrons. The summed E-state index contributed by atoms with van der Waals surface area (Å²) in [5.74, 6) is 0.709. The lowest BCUT2D eigenvalue weighted by Crippen LogP contribution is -2.33. The predicted octanol–water partition coefficient (Wildman–Crippen LogP) is 4.49. The van der Waals surface area contributed by atoms with Gasteiger partial charge in [0.15, 0.2) is 0 Å². The fourth-order valence-corrected chi connectivity index (χ4v) is 2.87. The quantitative estimate of drug-likeness (QED) is 0.653. The molecule has 0 saturated carbocycles. The third kappa shape index (κ3) is 4.84. The number of carbonyl (C=O) groups is 1. The van der Waals surface area contributed by atoms with Crippen LogP contribution in [0, 0.1) is 5.92 Å². The average molecular weight is 405 g/mol. The lowest BCUT2D eigenvalue weighted by atomic mass is 10.0. The van der Waals surface area contributed by atoms with Crippen molar-refractivity contribution in [1.82, 2.24) is 20.4 Å². The van der Waals surface area contributed by atoms with Gasteiger partial charge < -0.3 is 9.84 Å². The lowest BCUT2D eigenvalue weighted by Gasteiger charge is -2.18. The standard InChI is InChI=1S/C19H18Cl2N4O2/c1-11(2)17(19-24-18(25-27-19)13-5-7-22-8-6-13)23-16(26)10-12-3-4-14(20)15(21)9-12/h3-9,11,17H,10H2,1-2H3,(H,23,26). The predicted molar refractivity (Wildman–Crippen MR) is 103 cm³/mol. The molecule has 0 spiro atoms. The fourth-order valence-electron chi connectivity index (χ4n) is 2.55. The Morgan fingerprint density at radius 3 is 2.56 bits per heavy atom. The maximum atomic E-state index is 12.5. The molecule has 1 N–H and O–H groups in total. The number of nitrogens with one attached hydrogen (secondary N) is 1. The van der Waals surface area contributed by atoms with Crippen molar-refractivity contribution in [2.24, 2.45) is 5.92 Å². The Bertz CT molecular complexity index is 928. The van der Waals surface area contributed by atoms with Crippen LogP contribution in [0.2, 0.25) is 10.0 Å². The van der Waals surface area contributed by atoms with Gasteiger partial charge in [0.25, 0.3) is 0 Å². The Balaban J connectivity index is 1.73. The molecule has 8 heteroatoms. The van der Waals surface area contributed by atoms with E-state index < -0.39 is 6.04 Å². The Labute approximate surface area is 166 Å². The van der Waals surface area contributed by atoms with Crippen LogP contribution in [0.3, 0.4) is 0 Å². The zero-order valence-corrected chi connectivity index (χ0v) is 16.3. The molecule has 0 fully saturated rings. The van der Waals surface area contributed by atoms with Gasteiger partial charge in [-0.15, -0.1) is 0 Å². The summed E-state index contributed by atoms with van der Waals surface area (Å²) in [6, 6.07) is 8.31. The minimum Gasteiger partial charge on any atom is -0.344 e. The first kappa shape index (κ1) is 19.3. The monoisotopic (exact) mass is 404 g/mol. The molecule has 0 saturated heterocycles. The van der Waals surface area contributed by atoms with Gasteiger partial charge in [-0.05, 0) is 35.7 Å². The first-order valence-corrected chi connectivity index (χ1v) is 9.17. The number of nitrogens with zero attached hydrogens (tertiary/aromatic N) is 3. The van der Waals surface area contributed by atoms with E-state index in [0.29, 0.717) is 21.8 Å². The van der Waals surface area contributed by atoms with Gasteiger partial charge in [0.1, 0.15) is 6.04 Å². The highest BCUT2D eigenvalue weighted by molar-refractivity contribution is 6.42. The number of rotatable bonds is 6. The highest BCUT2D eigenvalue weighted by atomic mass is 35.5. The van der Waals surface area contributed by atoms with Crippen LogP contribution in [-0.4, -0.2) is 21.0 Å². The molecular weight excluding hydrogens is 387 g/mol. The Kier molecular flexibility index (Phi) is 6.08. The molecule has 27 heavy (non-hydrogen) atoms. The summed E-state index contributed by atoms with van der Waals surface area (Å²) in [7, 11) is 0. The van der Waals surface area contributed by atoms with Gasteiger partial charge in [0, 0.05) is 18.0 Å². The SMILES string of the molecule is CC(C)C(NC(=O)Cc1ccc(Cl)c(Cl)c1)c1nc(-c2ccncc2)no1. The van der Waals surface area contributed by atoms with Crippen molar-refractivity contribution in [2.75, 3.05) is 0 Å². The van der Waals surface area contributed by atoms with Gasteiger partial charge in [0.2, 0.25) is 17.6 Å². The summed E-state index contributed by atoms with van der Waals surface area (Å²) in [4.78, 5) is 20.9. The number of pyridine rings is 1. The van der Waals surface area contributed by atoms with Crippen molar-refractivity contribution in [3.05, 3.63) is 64.2 Å². The van der Waals surface area contributed by atoms with Crippen LogP contribution < -0.4 is 5.32 Å². The molecule has 1 unspecified atom stereocenters. The first-order chi connectivity index (χ1) is 12.9. The largest absolute Gasteiger partial charge is 0.344 e. The molecule has 6 nitrogen and oxygen atoms in total. The van der Waals surface area contributed by atoms with E-state index in [1.54, 1.807) is 42.7 Å². The van der Waals surface area contributed by atoms with Crippen LogP contribution in [-0.2, 0) is 11.2 Å². The van der Waals surface area contributed by atoms with Crippen molar-refractivity contribution >= 4 is 29.1 Å². The number of hydrogen-bond acceptors (Lipinski definition) is 5. The molecule has 0 aliphatic heterocycles. The van der Waals surface area contributed by atoms with Crippen molar-refractivity contribution in [3.63, 3.8) is 0 Å². The average Bonchev–Trinajstić information content (AvgIpc) is 3.13. The molecule has 1 aromatic carbocycles. The first-order valence-electron chi connectivity index (χ1n) is 8.41. The van der Waals surface area contributed by atoms with Crippen LogP contribution in [0.5, 0.6) is 0 Å². The van der Waals surface area contributed by atoms with E-state index >= 15 is 0 Å². The van der Waals surface area contributed by atoms with Crippen LogP contribution in [0.4, 0.5) is 0 Å². The second kappa shape index (κ2) is 8.50. The summed E-state index contributed by atoms with van der Waals surface area (Å²) in [5.41, 5.74) is 1.57. The summed E-state index contributed by atoms with van der Waals surface area (Å²) in [6.07, 6.45) is 3.49. The molecule has 2 heterocycles. The van der Waals surface area contributed by atoms with E-state index in [4.69, 9.17) is 27.7 Å². The van der Waals surface area contributed by atoms with E-state index in [0.717, 1.165) is 11.1 Å². The highest BCUT2D eigenvalue weighted by Crippen LogP contribution is 2.25. The molecule has 0 bridgehead atoms. The summed E-state index contributed by atoms with van der Waals surface area (Å²) < 4.78 is 5.39. The van der Waals surface area contributed by atoms with Crippen LogP contribution in [0.25, 0.3) is 11.4 Å². The highest BCUT2D eigenvalue weighted by Gasteiger charge is 2.25. The number of carbonyl (C=O) groups excluding carboxylic acids is 1. The van der Waals surface area contributed by atoms with Crippen molar-refractivity contribution in [3.8, 4) is 11.4 Å². The van der Waals surface area contributed by atoms with Crippen LogP contribution >= 0.6 is 23.2 Å². The van der Waals surface area contributed by atoms with E-state index in [9.17, 15) is 4.79 Å². The topological polar surface area (TPSA) is 80.9 Å². The Morgan fingerprint density at radius 1 is 1.15 bits per heavy atom. The molecule has 140 valence electrons. The summed E-state index contributed by atoms with van der Waals surface area (Å²) >= 11 is 11.9. The van der Waals surface area contributed by atoms with Gasteiger partial charge in [0.05, 0.1) is 16.5 Å². The molecule has 3 aromatic rings. The normalized spacial score (nSPS) is 12.2. The number of benzene rings is 1. The smallest absolute Gasteiger partial charge is 0.249 e. The van der Waals surface area contributed by atoms with Gasteiger partial charge >= 0.3 is 0 Å². The fraction of sp³-hybridized carbons (Fsp3) is 0.263. The van der Waals surface area contributed by atoms with Crippen molar-refractivity contribution < 1.29 is 9.32 Å². The van der Waals surface area contributed by atoms with Gasteiger partial charge in [-0.25, -0.2) is 0 Å². The van der Waals surface area contributed by atoms with E-state index in [2.05, 4.69) is 20.4 Å². The lowest BCUT2D eigenvalue weighted by molar-refractivity contribution is -0.121. The number of halogens is 2. The number of aromatic nitrogens is 3. The zero-order chi connectivity index (χ0) is 19.4. The third-order valence-electron chi connectivity index (χ3n) is 3.98. The zero-order valence-electron chi connectivity index (χ0n) is 14.8. The maximum absolute atomic E-state index is 12.5. The number of hydrogen-bond donors (Lipinski definition) is 1. The second-order valence-corrected chi connectivity index (χ2v) is 7.22. The van der Waals surface area contributed by atoms with Crippen molar-refractivity contribution in [1.29, 1.82) is 0 Å². The maximum Gasteiger partial charge on any atom is 0.249 e. The minimum absolute atomic E-state index is 0.0634. The van der Waals surface area contributed by atoms with Gasteiger partial charge in [-0.2, -0.15) is 4.98 Å².